The number of nitrogens with zero attached hydrogens (tertiary/aromatic N) is 2. The number of para-hydroxylation sites is 1. The maximum absolute atomic E-state index is 13.8. The molecule has 1 aliphatic heterocycles. The lowest BCUT2D eigenvalue weighted by atomic mass is 9.99. The van der Waals surface area contributed by atoms with E-state index in [0.29, 0.717) is 34.2 Å². The van der Waals surface area contributed by atoms with Crippen LogP contribution in [0.2, 0.25) is 0 Å². The molecule has 7 nitrogen and oxygen atoms in total. The first-order valence-corrected chi connectivity index (χ1v) is 10.1. The van der Waals surface area contributed by atoms with E-state index in [2.05, 4.69) is 0 Å². The maximum Gasteiger partial charge on any atom is 0.255 e. The van der Waals surface area contributed by atoms with E-state index in [0.717, 1.165) is 0 Å². The van der Waals surface area contributed by atoms with Gasteiger partial charge in [-0.15, -0.1) is 0 Å². The molecule has 32 heavy (non-hydrogen) atoms. The van der Waals surface area contributed by atoms with Gasteiger partial charge in [-0.1, -0.05) is 30.3 Å². The molecule has 4 rings (SSSR count). The highest BCUT2D eigenvalue weighted by Crippen LogP contribution is 2.39. The van der Waals surface area contributed by atoms with Crippen LogP contribution in [-0.2, 0) is 9.59 Å². The minimum absolute atomic E-state index is 0.108. The first kappa shape index (κ1) is 21.2. The van der Waals surface area contributed by atoms with Crippen molar-refractivity contribution in [3.63, 3.8) is 0 Å². The normalized spacial score (nSPS) is 16.2. The van der Waals surface area contributed by atoms with Crippen molar-refractivity contribution < 1.29 is 23.8 Å². The molecule has 3 aromatic carbocycles. The number of amides is 2. The largest absolute Gasteiger partial charge is 0.497 e. The number of methoxy groups -OCH3 is 3. The van der Waals surface area contributed by atoms with Crippen molar-refractivity contribution in [2.75, 3.05) is 37.7 Å². The van der Waals surface area contributed by atoms with Crippen molar-refractivity contribution in [3.05, 3.63) is 78.4 Å². The Kier molecular flexibility index (Phi) is 5.98. The van der Waals surface area contributed by atoms with Crippen molar-refractivity contribution in [2.24, 2.45) is 0 Å². The number of piperazine rings is 1. The van der Waals surface area contributed by atoms with Gasteiger partial charge in [0.15, 0.2) is 0 Å². The fraction of sp³-hybridized carbons (Fsp3) is 0.200. The van der Waals surface area contributed by atoms with Crippen molar-refractivity contribution >= 4 is 23.2 Å². The summed E-state index contributed by atoms with van der Waals surface area (Å²) in [7, 11) is 4.66. The Morgan fingerprint density at radius 1 is 0.781 bits per heavy atom. The third-order valence-corrected chi connectivity index (χ3v) is 5.46. The van der Waals surface area contributed by atoms with Crippen molar-refractivity contribution in [2.45, 2.75) is 6.04 Å². The van der Waals surface area contributed by atoms with E-state index in [1.54, 1.807) is 61.6 Å². The molecule has 3 aromatic rings. The van der Waals surface area contributed by atoms with E-state index in [1.165, 1.54) is 12.0 Å². The highest BCUT2D eigenvalue weighted by Gasteiger charge is 2.42. The Morgan fingerprint density at radius 3 is 2.06 bits per heavy atom. The first-order valence-electron chi connectivity index (χ1n) is 10.1. The molecule has 0 unspecified atom stereocenters. The summed E-state index contributed by atoms with van der Waals surface area (Å²) in [5, 5.41) is 0. The summed E-state index contributed by atoms with van der Waals surface area (Å²) < 4.78 is 16.0. The summed E-state index contributed by atoms with van der Waals surface area (Å²) in [4.78, 5) is 30.3. The summed E-state index contributed by atoms with van der Waals surface area (Å²) in [6.07, 6.45) is 0. The smallest absolute Gasteiger partial charge is 0.255 e. The number of rotatable bonds is 6. The monoisotopic (exact) mass is 432 g/mol. The predicted molar refractivity (Wildman–Crippen MR) is 122 cm³/mol. The first-order chi connectivity index (χ1) is 15.6. The number of carbonyl (C=O) groups is 2. The zero-order chi connectivity index (χ0) is 22.7. The second kappa shape index (κ2) is 9.01. The van der Waals surface area contributed by atoms with Gasteiger partial charge >= 0.3 is 0 Å². The lowest BCUT2D eigenvalue weighted by molar-refractivity contribution is -0.128. The van der Waals surface area contributed by atoms with Gasteiger partial charge in [-0.3, -0.25) is 19.4 Å². The Labute approximate surface area is 186 Å². The Hall–Kier alpha value is -4.00. The molecule has 2 amide bonds. The minimum atomic E-state index is -0.837. The summed E-state index contributed by atoms with van der Waals surface area (Å²) in [6, 6.07) is 20.7. The van der Waals surface area contributed by atoms with Gasteiger partial charge in [0.25, 0.3) is 5.91 Å². The molecule has 1 fully saturated rings. The van der Waals surface area contributed by atoms with Crippen LogP contribution >= 0.6 is 0 Å². The van der Waals surface area contributed by atoms with E-state index in [4.69, 9.17) is 14.2 Å². The van der Waals surface area contributed by atoms with Gasteiger partial charge in [0.2, 0.25) is 5.91 Å². The van der Waals surface area contributed by atoms with Gasteiger partial charge < -0.3 is 14.2 Å². The molecule has 164 valence electrons. The van der Waals surface area contributed by atoms with E-state index < -0.39 is 6.04 Å². The van der Waals surface area contributed by atoms with E-state index in [9.17, 15) is 9.59 Å². The van der Waals surface area contributed by atoms with Crippen LogP contribution < -0.4 is 24.0 Å². The zero-order valence-electron chi connectivity index (χ0n) is 18.1. The van der Waals surface area contributed by atoms with Crippen LogP contribution in [0.25, 0.3) is 0 Å². The van der Waals surface area contributed by atoms with Gasteiger partial charge in [0, 0.05) is 11.8 Å². The van der Waals surface area contributed by atoms with Crippen molar-refractivity contribution in [1.82, 2.24) is 0 Å². The molecular weight excluding hydrogens is 408 g/mol. The standard InChI is InChI=1S/C25H24N2O5/c1-30-19-11-9-17(10-12-19)24-25(29)26(21-14-13-20(31-2)15-22(21)32-3)16-23(28)27(24)18-7-5-4-6-8-18/h4-15,24H,16H2,1-3H3/t24-/m0/s1. The summed E-state index contributed by atoms with van der Waals surface area (Å²) in [5.41, 5.74) is 1.86. The molecule has 1 aliphatic rings. The van der Waals surface area contributed by atoms with Crippen LogP contribution in [0, 0.1) is 0 Å². The van der Waals surface area contributed by atoms with Crippen LogP contribution in [-0.4, -0.2) is 39.7 Å². The second-order valence-electron chi connectivity index (χ2n) is 7.24. The molecular formula is C25H24N2O5. The third kappa shape index (κ3) is 3.85. The fourth-order valence-corrected chi connectivity index (χ4v) is 3.86. The molecule has 1 heterocycles. The third-order valence-electron chi connectivity index (χ3n) is 5.46. The lowest BCUT2D eigenvalue weighted by Gasteiger charge is -2.40. The maximum atomic E-state index is 13.8. The topological polar surface area (TPSA) is 68.3 Å². The molecule has 0 bridgehead atoms. The van der Waals surface area contributed by atoms with Crippen molar-refractivity contribution in [1.29, 1.82) is 0 Å². The fourth-order valence-electron chi connectivity index (χ4n) is 3.86. The molecule has 0 aromatic heterocycles. The summed E-state index contributed by atoms with van der Waals surface area (Å²) in [6.45, 7) is -0.108. The highest BCUT2D eigenvalue weighted by molar-refractivity contribution is 6.15. The number of ether oxygens (including phenoxy) is 3. The number of hydrogen-bond acceptors (Lipinski definition) is 5. The number of anilines is 2. The molecule has 1 atom stereocenters. The van der Waals surface area contributed by atoms with E-state index in [1.807, 2.05) is 30.3 Å². The molecule has 0 radical (unpaired) electrons. The van der Waals surface area contributed by atoms with E-state index >= 15 is 0 Å². The Balaban J connectivity index is 1.81. The zero-order valence-corrected chi connectivity index (χ0v) is 18.1. The van der Waals surface area contributed by atoms with Gasteiger partial charge in [-0.25, -0.2) is 0 Å². The van der Waals surface area contributed by atoms with Crippen LogP contribution in [0.4, 0.5) is 11.4 Å². The predicted octanol–water partition coefficient (Wildman–Crippen LogP) is 3.83. The molecule has 1 saturated heterocycles. The average molecular weight is 432 g/mol. The molecule has 0 N–H and O–H groups in total. The van der Waals surface area contributed by atoms with Crippen LogP contribution in [0.3, 0.4) is 0 Å². The Morgan fingerprint density at radius 2 is 1.44 bits per heavy atom. The minimum Gasteiger partial charge on any atom is -0.497 e. The summed E-state index contributed by atoms with van der Waals surface area (Å²) in [5.74, 6) is 1.28. The molecule has 0 aliphatic carbocycles. The average Bonchev–Trinajstić information content (AvgIpc) is 2.85. The Bertz CT molecular complexity index is 1110. The number of hydrogen-bond donors (Lipinski definition) is 0. The van der Waals surface area contributed by atoms with Crippen LogP contribution in [0.5, 0.6) is 17.2 Å². The second-order valence-corrected chi connectivity index (χ2v) is 7.24. The molecule has 0 saturated carbocycles. The number of benzene rings is 3. The van der Waals surface area contributed by atoms with Gasteiger partial charge in [-0.2, -0.15) is 0 Å². The number of carbonyl (C=O) groups excluding carboxylic acids is 2. The van der Waals surface area contributed by atoms with Crippen LogP contribution in [0.1, 0.15) is 11.6 Å². The highest BCUT2D eigenvalue weighted by atomic mass is 16.5. The SMILES string of the molecule is COc1ccc([C@H]2C(=O)N(c3ccc(OC)cc3OC)CC(=O)N2c2ccccc2)cc1. The van der Waals surface area contributed by atoms with Crippen LogP contribution in [0.15, 0.2) is 72.8 Å². The van der Waals surface area contributed by atoms with Crippen molar-refractivity contribution in [3.8, 4) is 17.2 Å². The molecule has 0 spiro atoms. The van der Waals surface area contributed by atoms with Gasteiger partial charge in [0.1, 0.15) is 29.8 Å². The van der Waals surface area contributed by atoms with E-state index in [-0.39, 0.29) is 18.4 Å². The van der Waals surface area contributed by atoms with Gasteiger partial charge in [0.05, 0.1) is 27.0 Å². The quantitative estimate of drug-likeness (QED) is 0.592. The van der Waals surface area contributed by atoms with Gasteiger partial charge in [-0.05, 0) is 42.0 Å². The summed E-state index contributed by atoms with van der Waals surface area (Å²) >= 11 is 0. The molecule has 7 heteroatoms. The lowest BCUT2D eigenvalue weighted by Crippen LogP contribution is -2.56.